The molecule has 0 unspecified atom stereocenters. The van der Waals surface area contributed by atoms with Crippen molar-refractivity contribution in [2.24, 2.45) is 0 Å². The standard InChI is InChI=1S/C15H16N4O2S/c1-2-12-14(22-18-17-12)15(21)16-10-5-3-6-11(9-10)19-8-4-7-13(19)20/h3,5-6,9H,2,4,7-8H2,1H3,(H,16,21). The zero-order chi connectivity index (χ0) is 15.5. The van der Waals surface area contributed by atoms with Crippen LogP contribution in [0.25, 0.3) is 0 Å². The molecule has 6 nitrogen and oxygen atoms in total. The van der Waals surface area contributed by atoms with Gasteiger partial charge < -0.3 is 10.2 Å². The summed E-state index contributed by atoms with van der Waals surface area (Å²) in [6, 6.07) is 7.34. The van der Waals surface area contributed by atoms with Crippen LogP contribution in [0.1, 0.15) is 35.1 Å². The molecule has 0 bridgehead atoms. The fourth-order valence-electron chi connectivity index (χ4n) is 2.47. The molecule has 1 aliphatic rings. The van der Waals surface area contributed by atoms with Crippen LogP contribution in [0.3, 0.4) is 0 Å². The van der Waals surface area contributed by atoms with E-state index >= 15 is 0 Å². The van der Waals surface area contributed by atoms with E-state index < -0.39 is 0 Å². The summed E-state index contributed by atoms with van der Waals surface area (Å²) in [5, 5.41) is 6.79. The average Bonchev–Trinajstić information content (AvgIpc) is 3.15. The number of rotatable bonds is 4. The summed E-state index contributed by atoms with van der Waals surface area (Å²) in [5.74, 6) is -0.0832. The van der Waals surface area contributed by atoms with Crippen LogP contribution in [0, 0.1) is 0 Å². The Balaban J connectivity index is 1.78. The molecule has 1 saturated heterocycles. The van der Waals surface area contributed by atoms with Gasteiger partial charge in [0.05, 0.1) is 5.69 Å². The summed E-state index contributed by atoms with van der Waals surface area (Å²) in [6.45, 7) is 2.67. The smallest absolute Gasteiger partial charge is 0.269 e. The lowest BCUT2D eigenvalue weighted by molar-refractivity contribution is -0.117. The van der Waals surface area contributed by atoms with E-state index in [-0.39, 0.29) is 11.8 Å². The molecule has 0 spiro atoms. The SMILES string of the molecule is CCc1nnsc1C(=O)Nc1cccc(N2CCCC2=O)c1. The normalized spacial score (nSPS) is 14.4. The summed E-state index contributed by atoms with van der Waals surface area (Å²) in [7, 11) is 0. The summed E-state index contributed by atoms with van der Waals surface area (Å²) in [4.78, 5) is 26.4. The average molecular weight is 316 g/mol. The van der Waals surface area contributed by atoms with Gasteiger partial charge >= 0.3 is 0 Å². The minimum Gasteiger partial charge on any atom is -0.321 e. The van der Waals surface area contributed by atoms with Crippen molar-refractivity contribution in [3.8, 4) is 0 Å². The second kappa shape index (κ2) is 6.23. The lowest BCUT2D eigenvalue weighted by atomic mass is 10.2. The van der Waals surface area contributed by atoms with Gasteiger partial charge in [-0.05, 0) is 42.6 Å². The van der Waals surface area contributed by atoms with Crippen molar-refractivity contribution in [3.05, 3.63) is 34.8 Å². The molecule has 1 N–H and O–H groups in total. The van der Waals surface area contributed by atoms with Crippen molar-refractivity contribution in [2.45, 2.75) is 26.2 Å². The highest BCUT2D eigenvalue weighted by molar-refractivity contribution is 7.08. The Kier molecular flexibility index (Phi) is 4.15. The number of hydrogen-bond acceptors (Lipinski definition) is 5. The Morgan fingerprint density at radius 1 is 1.45 bits per heavy atom. The van der Waals surface area contributed by atoms with E-state index in [0.29, 0.717) is 29.1 Å². The highest BCUT2D eigenvalue weighted by atomic mass is 32.1. The first-order chi connectivity index (χ1) is 10.7. The van der Waals surface area contributed by atoms with Crippen LogP contribution in [0.15, 0.2) is 24.3 Å². The predicted molar refractivity (Wildman–Crippen MR) is 85.3 cm³/mol. The zero-order valence-electron chi connectivity index (χ0n) is 12.2. The van der Waals surface area contributed by atoms with Gasteiger partial charge in [-0.1, -0.05) is 17.5 Å². The highest BCUT2D eigenvalue weighted by Gasteiger charge is 2.22. The summed E-state index contributed by atoms with van der Waals surface area (Å²) < 4.78 is 3.82. The van der Waals surface area contributed by atoms with Crippen LogP contribution in [0.2, 0.25) is 0 Å². The molecule has 3 rings (SSSR count). The van der Waals surface area contributed by atoms with Gasteiger partial charge in [0.1, 0.15) is 4.88 Å². The number of nitrogens with zero attached hydrogens (tertiary/aromatic N) is 3. The van der Waals surface area contributed by atoms with Crippen LogP contribution < -0.4 is 10.2 Å². The first kappa shape index (κ1) is 14.6. The van der Waals surface area contributed by atoms with Gasteiger partial charge in [-0.15, -0.1) is 5.10 Å². The second-order valence-corrected chi connectivity index (χ2v) is 5.81. The molecule has 1 aromatic carbocycles. The summed E-state index contributed by atoms with van der Waals surface area (Å²) in [5.41, 5.74) is 2.18. The van der Waals surface area contributed by atoms with E-state index in [0.717, 1.165) is 30.2 Å². The monoisotopic (exact) mass is 316 g/mol. The van der Waals surface area contributed by atoms with E-state index in [1.165, 1.54) is 0 Å². The molecule has 1 fully saturated rings. The molecule has 2 amide bonds. The topological polar surface area (TPSA) is 75.2 Å². The third-order valence-electron chi connectivity index (χ3n) is 3.59. The number of carbonyl (C=O) groups excluding carboxylic acids is 2. The number of amides is 2. The third-order valence-corrected chi connectivity index (χ3v) is 4.35. The van der Waals surface area contributed by atoms with E-state index in [1.807, 2.05) is 31.2 Å². The number of benzene rings is 1. The minimum atomic E-state index is -0.211. The van der Waals surface area contributed by atoms with Crippen LogP contribution in [-0.2, 0) is 11.2 Å². The number of hydrogen-bond donors (Lipinski definition) is 1. The van der Waals surface area contributed by atoms with Gasteiger partial charge in [0.15, 0.2) is 0 Å². The van der Waals surface area contributed by atoms with E-state index in [1.54, 1.807) is 4.90 Å². The molecule has 2 aromatic rings. The molecule has 1 aromatic heterocycles. The number of aromatic nitrogens is 2. The van der Waals surface area contributed by atoms with E-state index in [2.05, 4.69) is 14.9 Å². The van der Waals surface area contributed by atoms with Gasteiger partial charge in [-0.2, -0.15) is 0 Å². The maximum Gasteiger partial charge on any atom is 0.269 e. The lowest BCUT2D eigenvalue weighted by Crippen LogP contribution is -2.23. The largest absolute Gasteiger partial charge is 0.321 e. The molecule has 1 aliphatic heterocycles. The minimum absolute atomic E-state index is 0.128. The van der Waals surface area contributed by atoms with Gasteiger partial charge in [-0.3, -0.25) is 9.59 Å². The van der Waals surface area contributed by atoms with Crippen molar-refractivity contribution in [3.63, 3.8) is 0 Å². The van der Waals surface area contributed by atoms with Crippen LogP contribution in [0.4, 0.5) is 11.4 Å². The third kappa shape index (κ3) is 2.85. The number of anilines is 2. The second-order valence-electron chi connectivity index (χ2n) is 5.06. The van der Waals surface area contributed by atoms with Crippen molar-refractivity contribution >= 4 is 34.7 Å². The number of aryl methyl sites for hydroxylation is 1. The molecule has 7 heteroatoms. The zero-order valence-corrected chi connectivity index (χ0v) is 13.0. The van der Waals surface area contributed by atoms with Crippen molar-refractivity contribution in [2.75, 3.05) is 16.8 Å². The molecule has 2 heterocycles. The molecular formula is C15H16N4O2S. The first-order valence-electron chi connectivity index (χ1n) is 7.22. The van der Waals surface area contributed by atoms with Gasteiger partial charge in [0.25, 0.3) is 5.91 Å². The Labute approximate surface area is 132 Å². The predicted octanol–water partition coefficient (Wildman–Crippen LogP) is 2.48. The molecule has 0 aliphatic carbocycles. The molecular weight excluding hydrogens is 300 g/mol. The molecule has 0 atom stereocenters. The van der Waals surface area contributed by atoms with E-state index in [4.69, 9.17) is 0 Å². The Morgan fingerprint density at radius 3 is 3.05 bits per heavy atom. The Morgan fingerprint density at radius 2 is 2.32 bits per heavy atom. The maximum atomic E-state index is 12.3. The van der Waals surface area contributed by atoms with E-state index in [9.17, 15) is 9.59 Å². The number of nitrogens with one attached hydrogen (secondary N) is 1. The van der Waals surface area contributed by atoms with Gasteiger partial charge in [0, 0.05) is 24.3 Å². The van der Waals surface area contributed by atoms with Crippen molar-refractivity contribution in [1.82, 2.24) is 9.59 Å². The lowest BCUT2D eigenvalue weighted by Gasteiger charge is -2.16. The maximum absolute atomic E-state index is 12.3. The fraction of sp³-hybridized carbons (Fsp3) is 0.333. The fourth-order valence-corrected chi connectivity index (χ4v) is 3.12. The van der Waals surface area contributed by atoms with Gasteiger partial charge in [-0.25, -0.2) is 0 Å². The summed E-state index contributed by atoms with van der Waals surface area (Å²) in [6.07, 6.45) is 2.13. The molecule has 22 heavy (non-hydrogen) atoms. The summed E-state index contributed by atoms with van der Waals surface area (Å²) >= 11 is 1.09. The van der Waals surface area contributed by atoms with Crippen LogP contribution in [-0.4, -0.2) is 27.9 Å². The highest BCUT2D eigenvalue weighted by Crippen LogP contribution is 2.25. The van der Waals surface area contributed by atoms with Crippen LogP contribution in [0.5, 0.6) is 0 Å². The van der Waals surface area contributed by atoms with Crippen molar-refractivity contribution < 1.29 is 9.59 Å². The van der Waals surface area contributed by atoms with Gasteiger partial charge in [0.2, 0.25) is 5.91 Å². The molecule has 114 valence electrons. The first-order valence-corrected chi connectivity index (χ1v) is 7.99. The Bertz CT molecular complexity index is 713. The van der Waals surface area contributed by atoms with Crippen molar-refractivity contribution in [1.29, 1.82) is 0 Å². The van der Waals surface area contributed by atoms with Crippen LogP contribution >= 0.6 is 11.5 Å². The number of carbonyl (C=O) groups is 2. The Hall–Kier alpha value is -2.28. The quantitative estimate of drug-likeness (QED) is 0.940. The molecule has 0 saturated carbocycles. The molecule has 0 radical (unpaired) electrons.